The average Bonchev–Trinajstić information content (AvgIpc) is 2.67. The van der Waals surface area contributed by atoms with Crippen molar-refractivity contribution in [3.05, 3.63) is 90.8 Å². The van der Waals surface area contributed by atoms with Gasteiger partial charge in [-0.05, 0) is 28.8 Å². The van der Waals surface area contributed by atoms with Crippen LogP contribution >= 0.6 is 0 Å². The van der Waals surface area contributed by atoms with Crippen LogP contribution in [-0.2, 0) is 20.1 Å². The molecule has 1 heterocycles. The van der Waals surface area contributed by atoms with E-state index in [4.69, 9.17) is 9.90 Å². The van der Waals surface area contributed by atoms with Gasteiger partial charge in [0.25, 0.3) is 0 Å². The molecule has 2 N–H and O–H groups in total. The molecule has 0 aliphatic heterocycles. The Morgan fingerprint density at radius 1 is 0.964 bits per heavy atom. The van der Waals surface area contributed by atoms with E-state index in [9.17, 15) is 0 Å². The molecule has 0 amide bonds. The number of hydrogen-bond acceptors (Lipinski definition) is 2. The first kappa shape index (κ1) is 21.5. The first-order valence-electron chi connectivity index (χ1n) is 8.69. The number of allylic oxidation sites excluding steroid dienone is 2. The van der Waals surface area contributed by atoms with Crippen molar-refractivity contribution < 1.29 is 30.0 Å². The fourth-order valence-corrected chi connectivity index (χ4v) is 2.90. The van der Waals surface area contributed by atoms with Crippen LogP contribution in [0.25, 0.3) is 32.8 Å². The molecule has 0 saturated carbocycles. The van der Waals surface area contributed by atoms with Crippen molar-refractivity contribution >= 4 is 27.3 Å². The van der Waals surface area contributed by atoms with Crippen LogP contribution in [0.15, 0.2) is 84.8 Å². The van der Waals surface area contributed by atoms with Gasteiger partial charge in [0.1, 0.15) is 0 Å². The third kappa shape index (κ3) is 5.35. The van der Waals surface area contributed by atoms with E-state index < -0.39 is 0 Å². The standard InChI is InChI=1S/C19H12N.C5H8O2.Ir/c1-2-7-15(8-3-1)19-12-16-11-10-14-6-4-5-9-17(14)18(16)13-20-19;1-4(6)3-5(2)7;/h1-7,9-13H;3,6H,1-2H3;/q-1;;/p+1/b;4-3-;. The summed E-state index contributed by atoms with van der Waals surface area (Å²) in [4.78, 5) is 13.0. The molecule has 0 spiro atoms. The molecule has 0 aliphatic carbocycles. The Morgan fingerprint density at radius 2 is 1.68 bits per heavy atom. The van der Waals surface area contributed by atoms with Crippen LogP contribution in [0.3, 0.4) is 0 Å². The Kier molecular flexibility index (Phi) is 7.62. The van der Waals surface area contributed by atoms with E-state index in [1.807, 2.05) is 30.5 Å². The monoisotopic (exact) mass is 548 g/mol. The zero-order chi connectivity index (χ0) is 19.2. The molecule has 1 radical (unpaired) electrons. The second-order valence-corrected chi connectivity index (χ2v) is 6.28. The zero-order valence-electron chi connectivity index (χ0n) is 15.7. The summed E-state index contributed by atoms with van der Waals surface area (Å²) in [7, 11) is 0. The maximum absolute atomic E-state index is 8.40. The number of aliphatic hydroxyl groups is 1. The largest absolute Gasteiger partial charge is 0.512 e. The molecule has 0 atom stereocenters. The maximum atomic E-state index is 8.40. The molecule has 4 rings (SSSR count). The van der Waals surface area contributed by atoms with Gasteiger partial charge in [-0.2, -0.15) is 0 Å². The fraction of sp³-hybridized carbons (Fsp3) is 0.0833. The van der Waals surface area contributed by atoms with Crippen LogP contribution < -0.4 is 0 Å². The predicted molar refractivity (Wildman–Crippen MR) is 113 cm³/mol. The van der Waals surface area contributed by atoms with Gasteiger partial charge in [-0.15, -0.1) is 35.9 Å². The molecule has 4 heteroatoms. The molecule has 3 aromatic carbocycles. The summed E-state index contributed by atoms with van der Waals surface area (Å²) in [5, 5.41) is 13.3. The second kappa shape index (κ2) is 9.93. The van der Waals surface area contributed by atoms with E-state index in [2.05, 4.69) is 53.5 Å². The molecule has 1 aromatic heterocycles. The van der Waals surface area contributed by atoms with Crippen molar-refractivity contribution in [2.75, 3.05) is 0 Å². The summed E-state index contributed by atoms with van der Waals surface area (Å²) >= 11 is 0. The molecular weight excluding hydrogens is 526 g/mol. The smallest absolute Gasteiger partial charge is 0.316 e. The summed E-state index contributed by atoms with van der Waals surface area (Å²) in [6.45, 7) is 3.00. The minimum Gasteiger partial charge on any atom is -0.512 e. The Hall–Kier alpha value is -2.81. The van der Waals surface area contributed by atoms with Crippen molar-refractivity contribution in [2.24, 2.45) is 0 Å². The third-order valence-electron chi connectivity index (χ3n) is 4.03. The van der Waals surface area contributed by atoms with Crippen LogP contribution in [0.5, 0.6) is 0 Å². The summed E-state index contributed by atoms with van der Waals surface area (Å²) in [6, 6.07) is 26.0. The van der Waals surface area contributed by atoms with Crippen LogP contribution in [0.1, 0.15) is 13.8 Å². The minimum absolute atomic E-state index is 0. The molecule has 28 heavy (non-hydrogen) atoms. The summed E-state index contributed by atoms with van der Waals surface area (Å²) in [6.07, 6.45) is 3.24. The summed E-state index contributed by atoms with van der Waals surface area (Å²) in [5.41, 5.74) is 2.00. The minimum atomic E-state index is 0. The summed E-state index contributed by atoms with van der Waals surface area (Å²) in [5.74, 6) is 0.250. The molecular formula is C24H21IrNO2. The van der Waals surface area contributed by atoms with Crippen LogP contribution in [-0.4, -0.2) is 20.7 Å². The number of carbonyl (C=O) groups excluding carboxylic acids is 1. The number of hydrogen-bond donors (Lipinski definition) is 1. The predicted octanol–water partition coefficient (Wildman–Crippen LogP) is 5.87. The Bertz CT molecular complexity index is 1120. The summed E-state index contributed by atoms with van der Waals surface area (Å²) < 4.78 is 0. The average molecular weight is 548 g/mol. The van der Waals surface area contributed by atoms with Crippen molar-refractivity contribution in [3.8, 4) is 11.3 Å². The van der Waals surface area contributed by atoms with Crippen LogP contribution in [0.4, 0.5) is 0 Å². The first-order chi connectivity index (χ1) is 13.0. The van der Waals surface area contributed by atoms with Crippen LogP contribution in [0.2, 0.25) is 0 Å². The van der Waals surface area contributed by atoms with E-state index in [0.29, 0.717) is 0 Å². The zero-order valence-corrected chi connectivity index (χ0v) is 18.1. The molecule has 0 aliphatic rings. The Labute approximate surface area is 178 Å². The number of pyridine rings is 1. The van der Waals surface area contributed by atoms with E-state index in [-0.39, 0.29) is 31.6 Å². The molecule has 0 saturated heterocycles. The number of nitrogens with zero attached hydrogens (tertiary/aromatic N) is 1. The van der Waals surface area contributed by atoms with Crippen molar-refractivity contribution in [3.63, 3.8) is 0 Å². The van der Waals surface area contributed by atoms with Gasteiger partial charge < -0.3 is 10.1 Å². The molecule has 0 unspecified atom stereocenters. The molecule has 0 bridgehead atoms. The molecule has 4 aromatic rings. The van der Waals surface area contributed by atoms with Gasteiger partial charge in [-0.3, -0.25) is 4.79 Å². The van der Waals surface area contributed by atoms with Crippen molar-refractivity contribution in [2.45, 2.75) is 13.8 Å². The number of aromatic nitrogens is 1. The van der Waals surface area contributed by atoms with Crippen molar-refractivity contribution in [1.29, 1.82) is 0 Å². The maximum Gasteiger partial charge on any atom is 0.316 e. The van der Waals surface area contributed by atoms with Gasteiger partial charge in [0.15, 0.2) is 0 Å². The van der Waals surface area contributed by atoms with Gasteiger partial charge in [0.05, 0.1) is 18.8 Å². The number of fused-ring (bicyclic) bond motifs is 3. The molecule has 143 valence electrons. The van der Waals surface area contributed by atoms with Gasteiger partial charge >= 0.3 is 5.78 Å². The normalized spacial score (nSPS) is 10.7. The first-order valence-corrected chi connectivity index (χ1v) is 8.69. The van der Waals surface area contributed by atoms with Crippen LogP contribution in [0, 0.1) is 6.07 Å². The molecule has 0 fully saturated rings. The number of rotatable bonds is 2. The quantitative estimate of drug-likeness (QED) is 0.112. The topological polar surface area (TPSA) is 54.5 Å². The SMILES string of the molecule is CC(=[OH+])/C=C(/C)O.[Ir].[c-]1ccccc1-c1cc2ccc3ccccc3c2cn1. The van der Waals surface area contributed by atoms with E-state index in [1.54, 1.807) is 0 Å². The van der Waals surface area contributed by atoms with Gasteiger partial charge in [-0.25, -0.2) is 0 Å². The number of ketones is 1. The van der Waals surface area contributed by atoms with E-state index in [0.717, 1.165) is 11.3 Å². The fourth-order valence-electron chi connectivity index (χ4n) is 2.90. The Balaban J connectivity index is 0.000000306. The number of aliphatic hydroxyl groups excluding tert-OH is 1. The number of benzene rings is 3. The Morgan fingerprint density at radius 3 is 2.32 bits per heavy atom. The van der Waals surface area contributed by atoms with Gasteiger partial charge in [0.2, 0.25) is 0 Å². The van der Waals surface area contributed by atoms with Gasteiger partial charge in [0, 0.05) is 31.7 Å². The van der Waals surface area contributed by atoms with E-state index >= 15 is 0 Å². The second-order valence-electron chi connectivity index (χ2n) is 6.28. The van der Waals surface area contributed by atoms with E-state index in [1.165, 1.54) is 41.5 Å². The van der Waals surface area contributed by atoms with Crippen molar-refractivity contribution in [1.82, 2.24) is 4.98 Å². The van der Waals surface area contributed by atoms with Gasteiger partial charge in [-0.1, -0.05) is 42.5 Å². The third-order valence-corrected chi connectivity index (χ3v) is 4.03. The molecule has 3 nitrogen and oxygen atoms in total.